The van der Waals surface area contributed by atoms with Gasteiger partial charge in [0.15, 0.2) is 8.07 Å². The number of anilines is 6. The number of hydrogen-bond acceptors (Lipinski definition) is 2. The van der Waals surface area contributed by atoms with Gasteiger partial charge in [-0.05, 0) is 95.0 Å². The molecule has 216 valence electrons. The molecule has 4 aliphatic rings. The van der Waals surface area contributed by atoms with Gasteiger partial charge in [0.2, 0.25) is 0 Å². The lowest BCUT2D eigenvalue weighted by Gasteiger charge is -2.53. The summed E-state index contributed by atoms with van der Waals surface area (Å²) in [5.74, 6) is 0. The van der Waals surface area contributed by atoms with E-state index in [2.05, 4.69) is 147 Å². The summed E-state index contributed by atoms with van der Waals surface area (Å²) >= 11 is 0. The summed E-state index contributed by atoms with van der Waals surface area (Å²) in [6.45, 7) is 9.05. The van der Waals surface area contributed by atoms with E-state index in [1.54, 1.807) is 0 Å². The van der Waals surface area contributed by atoms with Crippen molar-refractivity contribution in [3.05, 3.63) is 154 Å². The highest BCUT2D eigenvalue weighted by molar-refractivity contribution is 7.23. The molecule has 0 aromatic heterocycles. The van der Waals surface area contributed by atoms with Gasteiger partial charge in [0, 0.05) is 35.6 Å². The van der Waals surface area contributed by atoms with Gasteiger partial charge in [0.05, 0.1) is 11.4 Å². The number of hydrogen-bond donors (Lipinski definition) is 0. The van der Waals surface area contributed by atoms with Crippen LogP contribution in [0.4, 0.5) is 34.1 Å². The molecule has 0 fully saturated rings. The van der Waals surface area contributed by atoms with Gasteiger partial charge in [-0.3, -0.25) is 0 Å². The second kappa shape index (κ2) is 8.65. The smallest absolute Gasteiger partial charge is 0.188 e. The predicted octanol–water partition coefficient (Wildman–Crippen LogP) is 7.67. The number of aryl methyl sites for hydroxylation is 4. The van der Waals surface area contributed by atoms with Gasteiger partial charge in [-0.2, -0.15) is 0 Å². The van der Waals surface area contributed by atoms with E-state index < -0.39 is 8.07 Å². The van der Waals surface area contributed by atoms with Gasteiger partial charge in [0.25, 0.3) is 0 Å². The zero-order valence-electron chi connectivity index (χ0n) is 26.2. The van der Waals surface area contributed by atoms with E-state index in [9.17, 15) is 0 Å². The van der Waals surface area contributed by atoms with Crippen LogP contribution in [0.1, 0.15) is 44.5 Å². The Morgan fingerprint density at radius 3 is 1.29 bits per heavy atom. The van der Waals surface area contributed by atoms with Crippen molar-refractivity contribution in [2.24, 2.45) is 0 Å². The van der Waals surface area contributed by atoms with Crippen LogP contribution in [0.3, 0.4) is 0 Å². The molecule has 0 atom stereocenters. The summed E-state index contributed by atoms with van der Waals surface area (Å²) in [5, 5.41) is 6.07. The van der Waals surface area contributed by atoms with Crippen LogP contribution in [-0.4, -0.2) is 8.07 Å². The highest BCUT2D eigenvalue weighted by atomic mass is 28.3. The Kier molecular flexibility index (Phi) is 4.89. The molecule has 45 heavy (non-hydrogen) atoms. The largest absolute Gasteiger partial charge is 0.310 e. The Labute approximate surface area is 266 Å². The van der Waals surface area contributed by atoms with E-state index in [1.807, 2.05) is 0 Å². The lowest BCUT2D eigenvalue weighted by Crippen LogP contribution is -2.79. The summed E-state index contributed by atoms with van der Waals surface area (Å²) in [4.78, 5) is 5.23. The quantitative estimate of drug-likeness (QED) is 0.166. The lowest BCUT2D eigenvalue weighted by atomic mass is 9.92. The van der Waals surface area contributed by atoms with Gasteiger partial charge >= 0.3 is 0 Å². The maximum absolute atomic E-state index is 2.77. The SMILES string of the molecule is Cc1ccc2c(c1)Cc1cc(C)cc3c1N2c1ccccc1[Si]31c2ccccc2N2c3ccc(C)cc3Cc3cc(C)cc1c32. The van der Waals surface area contributed by atoms with E-state index in [0.717, 1.165) is 12.8 Å². The van der Waals surface area contributed by atoms with E-state index in [1.165, 1.54) is 99.4 Å². The fraction of sp³-hybridized carbons (Fsp3) is 0.143. The van der Waals surface area contributed by atoms with Crippen molar-refractivity contribution in [1.82, 2.24) is 0 Å². The van der Waals surface area contributed by atoms with E-state index in [4.69, 9.17) is 0 Å². The van der Waals surface area contributed by atoms with Crippen molar-refractivity contribution in [2.75, 3.05) is 9.80 Å². The second-order valence-corrected chi connectivity index (χ2v) is 17.4. The molecule has 1 spiro atoms. The first kappa shape index (κ1) is 25.5. The Hall–Kier alpha value is -4.86. The zero-order chi connectivity index (χ0) is 30.2. The van der Waals surface area contributed by atoms with Gasteiger partial charge in [0.1, 0.15) is 0 Å². The van der Waals surface area contributed by atoms with Crippen LogP contribution in [0.5, 0.6) is 0 Å². The molecule has 10 rings (SSSR count). The molecule has 0 saturated carbocycles. The first-order chi connectivity index (χ1) is 21.9. The molecule has 6 aromatic rings. The maximum Gasteiger partial charge on any atom is 0.188 e. The second-order valence-electron chi connectivity index (χ2n) is 13.7. The third kappa shape index (κ3) is 3.14. The molecule has 3 heteroatoms. The fourth-order valence-corrected chi connectivity index (χ4v) is 15.0. The Balaban J connectivity index is 1.39. The molecule has 0 bridgehead atoms. The molecule has 0 aliphatic carbocycles. The molecular weight excluding hydrogens is 561 g/mol. The van der Waals surface area contributed by atoms with Gasteiger partial charge in [-0.25, -0.2) is 0 Å². The standard InChI is InChI=1S/C42H34N2Si/c1-25-13-15-33-29(17-25)23-31-19-27(3)21-39-41(31)43(33)35-9-5-7-11-37(35)45(39)38-12-8-6-10-36(38)44-34-16-14-26(2)18-30(34)24-32-20-28(4)22-40(45)42(32)44/h5-22H,23-24H2,1-4H3. The van der Waals surface area contributed by atoms with Gasteiger partial charge < -0.3 is 9.80 Å². The van der Waals surface area contributed by atoms with Crippen molar-refractivity contribution >= 4 is 62.9 Å². The number of fused-ring (bicyclic) bond motifs is 12. The fourth-order valence-electron chi connectivity index (χ4n) is 9.22. The van der Waals surface area contributed by atoms with Crippen molar-refractivity contribution < 1.29 is 0 Å². The van der Waals surface area contributed by atoms with Crippen molar-refractivity contribution in [3.8, 4) is 0 Å². The molecule has 6 aromatic carbocycles. The predicted molar refractivity (Wildman–Crippen MR) is 191 cm³/mol. The molecule has 0 radical (unpaired) electrons. The summed E-state index contributed by atoms with van der Waals surface area (Å²) in [6, 6.07) is 42.9. The van der Waals surface area contributed by atoms with E-state index in [0.29, 0.717) is 0 Å². The topological polar surface area (TPSA) is 6.48 Å². The minimum atomic E-state index is -2.77. The molecule has 2 nitrogen and oxygen atoms in total. The minimum absolute atomic E-state index is 0.969. The summed E-state index contributed by atoms with van der Waals surface area (Å²) in [6.07, 6.45) is 1.94. The molecular formula is C42H34N2Si. The van der Waals surface area contributed by atoms with Crippen molar-refractivity contribution in [1.29, 1.82) is 0 Å². The number of rotatable bonds is 0. The summed E-state index contributed by atoms with van der Waals surface area (Å²) < 4.78 is 0. The summed E-state index contributed by atoms with van der Waals surface area (Å²) in [5.41, 5.74) is 19.3. The van der Waals surface area contributed by atoms with Crippen LogP contribution in [0.15, 0.2) is 109 Å². The van der Waals surface area contributed by atoms with Crippen molar-refractivity contribution in [3.63, 3.8) is 0 Å². The van der Waals surface area contributed by atoms with Crippen LogP contribution in [0.25, 0.3) is 0 Å². The third-order valence-electron chi connectivity index (χ3n) is 10.7. The third-order valence-corrected chi connectivity index (χ3v) is 15.6. The lowest BCUT2D eigenvalue weighted by molar-refractivity contribution is 1.07. The first-order valence-corrected chi connectivity index (χ1v) is 18.2. The van der Waals surface area contributed by atoms with E-state index in [-0.39, 0.29) is 0 Å². The van der Waals surface area contributed by atoms with Crippen LogP contribution in [0.2, 0.25) is 0 Å². The van der Waals surface area contributed by atoms with Crippen LogP contribution in [0, 0.1) is 27.7 Å². The molecule has 0 unspecified atom stereocenters. The summed E-state index contributed by atoms with van der Waals surface area (Å²) in [7, 11) is -2.77. The van der Waals surface area contributed by atoms with Crippen LogP contribution >= 0.6 is 0 Å². The Morgan fingerprint density at radius 2 is 0.822 bits per heavy atom. The monoisotopic (exact) mass is 594 g/mol. The molecule has 4 heterocycles. The number of nitrogens with zero attached hydrogens (tertiary/aromatic N) is 2. The average Bonchev–Trinajstić information content (AvgIpc) is 3.03. The minimum Gasteiger partial charge on any atom is -0.310 e. The molecule has 4 aliphatic heterocycles. The maximum atomic E-state index is 2.62. The highest BCUT2D eigenvalue weighted by Crippen LogP contribution is 2.51. The van der Waals surface area contributed by atoms with Gasteiger partial charge in [-0.1, -0.05) is 107 Å². The normalized spacial score (nSPS) is 15.5. The number of para-hydroxylation sites is 2. The highest BCUT2D eigenvalue weighted by Gasteiger charge is 2.56. The Bertz CT molecular complexity index is 2130. The average molecular weight is 595 g/mol. The van der Waals surface area contributed by atoms with Gasteiger partial charge in [-0.15, -0.1) is 0 Å². The molecule has 0 N–H and O–H groups in total. The zero-order valence-corrected chi connectivity index (χ0v) is 27.2. The van der Waals surface area contributed by atoms with Crippen LogP contribution < -0.4 is 30.5 Å². The van der Waals surface area contributed by atoms with Crippen molar-refractivity contribution in [2.45, 2.75) is 40.5 Å². The Morgan fingerprint density at radius 1 is 0.400 bits per heavy atom. The first-order valence-electron chi connectivity index (χ1n) is 16.2. The molecule has 0 saturated heterocycles. The van der Waals surface area contributed by atoms with Crippen LogP contribution in [-0.2, 0) is 12.8 Å². The van der Waals surface area contributed by atoms with E-state index >= 15 is 0 Å². The number of benzene rings is 6. The molecule has 0 amide bonds.